The quantitative estimate of drug-likeness (QED) is 0.300. The maximum atomic E-state index is 10.6. The van der Waals surface area contributed by atoms with Crippen LogP contribution in [0.1, 0.15) is 45.1 Å². The lowest BCUT2D eigenvalue weighted by molar-refractivity contribution is -0.111. The van der Waals surface area contributed by atoms with Crippen LogP contribution in [0, 0.1) is 0 Å². The Morgan fingerprint density at radius 3 is 2.65 bits per heavy atom. The third-order valence-corrected chi connectivity index (χ3v) is 7.04. The molecule has 6 heteroatoms. The van der Waals surface area contributed by atoms with Crippen molar-refractivity contribution in [3.05, 3.63) is 60.3 Å². The van der Waals surface area contributed by atoms with E-state index in [0.717, 1.165) is 22.0 Å². The molecule has 5 nitrogen and oxygen atoms in total. The number of pyridine rings is 1. The van der Waals surface area contributed by atoms with Gasteiger partial charge in [0, 0.05) is 18.2 Å². The number of hydrogen-bond acceptors (Lipinski definition) is 5. The van der Waals surface area contributed by atoms with E-state index in [9.17, 15) is 5.11 Å². The molecule has 160 valence electrons. The minimum atomic E-state index is -0.905. The largest absolute Gasteiger partial charge is 0.367 e. The summed E-state index contributed by atoms with van der Waals surface area (Å²) in [5.74, 6) is 0.672. The van der Waals surface area contributed by atoms with E-state index in [4.69, 9.17) is 9.72 Å². The van der Waals surface area contributed by atoms with Crippen LogP contribution in [0.15, 0.2) is 59.9 Å². The Balaban J connectivity index is 1.70. The molecule has 0 aliphatic heterocycles. The Kier molecular flexibility index (Phi) is 5.24. The van der Waals surface area contributed by atoms with Gasteiger partial charge in [0.1, 0.15) is 5.52 Å². The molecule has 1 N–H and O–H groups in total. The van der Waals surface area contributed by atoms with Crippen LogP contribution in [-0.2, 0) is 4.74 Å². The number of fused-ring (bicyclic) bond motifs is 2. The summed E-state index contributed by atoms with van der Waals surface area (Å²) in [5, 5.41) is 13.8. The van der Waals surface area contributed by atoms with E-state index in [0.29, 0.717) is 12.5 Å². The summed E-state index contributed by atoms with van der Waals surface area (Å²) in [5.41, 5.74) is 4.14. The SMILES string of the molecule is CCOC(O)C(C)(C)Sc1nc2cccnc2n1-c1ccc(C2CC2)c2ccccc12. The van der Waals surface area contributed by atoms with Crippen LogP contribution in [0.4, 0.5) is 0 Å². The van der Waals surface area contributed by atoms with Crippen molar-refractivity contribution >= 4 is 33.7 Å². The number of aliphatic hydroxyl groups excluding tert-OH is 1. The summed E-state index contributed by atoms with van der Waals surface area (Å²) in [6, 6.07) is 16.9. The Labute approximate surface area is 186 Å². The van der Waals surface area contributed by atoms with Crippen molar-refractivity contribution in [3.63, 3.8) is 0 Å². The summed E-state index contributed by atoms with van der Waals surface area (Å²) >= 11 is 1.51. The van der Waals surface area contributed by atoms with Crippen molar-refractivity contribution in [2.45, 2.75) is 55.7 Å². The maximum absolute atomic E-state index is 10.6. The Bertz CT molecular complexity index is 1250. The molecule has 2 heterocycles. The number of rotatable bonds is 7. The molecule has 0 spiro atoms. The van der Waals surface area contributed by atoms with Gasteiger partial charge < -0.3 is 9.84 Å². The first-order valence-corrected chi connectivity index (χ1v) is 11.7. The summed E-state index contributed by atoms with van der Waals surface area (Å²) in [7, 11) is 0. The molecule has 1 unspecified atom stereocenters. The number of hydrogen-bond donors (Lipinski definition) is 1. The van der Waals surface area contributed by atoms with E-state index in [2.05, 4.69) is 45.9 Å². The van der Waals surface area contributed by atoms with Crippen molar-refractivity contribution in [2.75, 3.05) is 6.61 Å². The Morgan fingerprint density at radius 1 is 1.13 bits per heavy atom. The maximum Gasteiger partial charge on any atom is 0.175 e. The molecule has 5 rings (SSSR count). The van der Waals surface area contributed by atoms with Gasteiger partial charge in [-0.25, -0.2) is 9.97 Å². The summed E-state index contributed by atoms with van der Waals surface area (Å²) in [6.07, 6.45) is 3.43. The molecule has 1 aliphatic rings. The minimum absolute atomic E-state index is 0.455. The molecular weight excluding hydrogens is 406 g/mol. The van der Waals surface area contributed by atoms with Crippen LogP contribution in [0.25, 0.3) is 27.6 Å². The molecule has 0 amide bonds. The molecule has 4 aromatic rings. The van der Waals surface area contributed by atoms with Gasteiger partial charge in [0.2, 0.25) is 0 Å². The lowest BCUT2D eigenvalue weighted by Crippen LogP contribution is -2.35. The van der Waals surface area contributed by atoms with E-state index >= 15 is 0 Å². The van der Waals surface area contributed by atoms with Crippen LogP contribution in [-0.4, -0.2) is 37.3 Å². The van der Waals surface area contributed by atoms with E-state index in [1.807, 2.05) is 32.9 Å². The minimum Gasteiger partial charge on any atom is -0.367 e. The molecule has 1 saturated carbocycles. The fourth-order valence-electron chi connectivity index (χ4n) is 4.07. The Hall–Kier alpha value is -2.41. The molecule has 0 radical (unpaired) electrons. The second kappa shape index (κ2) is 7.93. The van der Waals surface area contributed by atoms with Gasteiger partial charge in [-0.2, -0.15) is 0 Å². The lowest BCUT2D eigenvalue weighted by Gasteiger charge is -2.29. The fourth-order valence-corrected chi connectivity index (χ4v) is 5.13. The van der Waals surface area contributed by atoms with Gasteiger partial charge in [0.25, 0.3) is 0 Å². The zero-order valence-corrected chi connectivity index (χ0v) is 18.9. The lowest BCUT2D eigenvalue weighted by atomic mass is 9.99. The summed E-state index contributed by atoms with van der Waals surface area (Å²) in [4.78, 5) is 9.55. The normalized spacial score (nSPS) is 15.6. The highest BCUT2D eigenvalue weighted by atomic mass is 32.2. The first-order valence-electron chi connectivity index (χ1n) is 10.8. The molecular formula is C25H27N3O2S. The number of ether oxygens (including phenoxy) is 1. The third-order valence-electron chi connectivity index (χ3n) is 5.85. The monoisotopic (exact) mass is 433 g/mol. The molecule has 2 aromatic heterocycles. The van der Waals surface area contributed by atoms with E-state index in [1.54, 1.807) is 6.20 Å². The van der Waals surface area contributed by atoms with E-state index in [-0.39, 0.29) is 0 Å². The average Bonchev–Trinajstić information content (AvgIpc) is 3.54. The van der Waals surface area contributed by atoms with Gasteiger partial charge in [0.05, 0.1) is 10.4 Å². The molecule has 1 aliphatic carbocycles. The number of imidazole rings is 1. The second-order valence-electron chi connectivity index (χ2n) is 8.58. The number of aromatic nitrogens is 3. The topological polar surface area (TPSA) is 60.2 Å². The van der Waals surface area contributed by atoms with Crippen molar-refractivity contribution < 1.29 is 9.84 Å². The van der Waals surface area contributed by atoms with Crippen LogP contribution in [0.2, 0.25) is 0 Å². The van der Waals surface area contributed by atoms with Gasteiger partial charge in [-0.1, -0.05) is 42.1 Å². The van der Waals surface area contributed by atoms with Crippen LogP contribution in [0.5, 0.6) is 0 Å². The fraction of sp³-hybridized carbons (Fsp3) is 0.360. The molecule has 1 fully saturated rings. The van der Waals surface area contributed by atoms with Crippen LogP contribution in [0.3, 0.4) is 0 Å². The molecule has 0 saturated heterocycles. The van der Waals surface area contributed by atoms with Gasteiger partial charge >= 0.3 is 0 Å². The van der Waals surface area contributed by atoms with E-state index in [1.165, 1.54) is 40.9 Å². The van der Waals surface area contributed by atoms with Crippen molar-refractivity contribution in [1.82, 2.24) is 14.5 Å². The first-order chi connectivity index (χ1) is 15.0. The summed E-state index contributed by atoms with van der Waals surface area (Å²) in [6.45, 7) is 6.29. The number of nitrogens with zero attached hydrogens (tertiary/aromatic N) is 3. The van der Waals surface area contributed by atoms with E-state index < -0.39 is 11.0 Å². The van der Waals surface area contributed by atoms with Crippen molar-refractivity contribution in [3.8, 4) is 5.69 Å². The zero-order chi connectivity index (χ0) is 21.6. The van der Waals surface area contributed by atoms with Gasteiger partial charge in [0.15, 0.2) is 17.1 Å². The number of aliphatic hydroxyl groups is 1. The van der Waals surface area contributed by atoms with Crippen molar-refractivity contribution in [1.29, 1.82) is 0 Å². The average molecular weight is 434 g/mol. The van der Waals surface area contributed by atoms with Crippen LogP contribution >= 0.6 is 11.8 Å². The molecule has 2 aromatic carbocycles. The smallest absolute Gasteiger partial charge is 0.175 e. The highest BCUT2D eigenvalue weighted by Gasteiger charge is 2.33. The first kappa shape index (κ1) is 20.5. The third kappa shape index (κ3) is 3.73. The zero-order valence-electron chi connectivity index (χ0n) is 18.1. The highest BCUT2D eigenvalue weighted by molar-refractivity contribution is 8.00. The van der Waals surface area contributed by atoms with Crippen LogP contribution < -0.4 is 0 Å². The predicted molar refractivity (Wildman–Crippen MR) is 126 cm³/mol. The number of thioether (sulfide) groups is 1. The molecule has 1 atom stereocenters. The number of benzene rings is 2. The highest BCUT2D eigenvalue weighted by Crippen LogP contribution is 2.45. The molecule has 31 heavy (non-hydrogen) atoms. The molecule has 0 bridgehead atoms. The van der Waals surface area contributed by atoms with Gasteiger partial charge in [-0.15, -0.1) is 0 Å². The Morgan fingerprint density at radius 2 is 1.90 bits per heavy atom. The van der Waals surface area contributed by atoms with Gasteiger partial charge in [-0.05, 0) is 68.7 Å². The predicted octanol–water partition coefficient (Wildman–Crippen LogP) is 5.68. The standard InChI is InChI=1S/C25H27N3O2S/c1-4-30-23(29)25(2,3)31-24-27-20-10-7-15-26-22(20)28(24)21-14-13-17(16-11-12-16)18-8-5-6-9-19(18)21/h5-10,13-16,23,29H,4,11-12H2,1-3H3. The van der Waals surface area contributed by atoms with Gasteiger partial charge in [-0.3, -0.25) is 4.57 Å². The second-order valence-corrected chi connectivity index (χ2v) is 10.2. The van der Waals surface area contributed by atoms with Crippen molar-refractivity contribution in [2.24, 2.45) is 0 Å². The summed E-state index contributed by atoms with van der Waals surface area (Å²) < 4.78 is 7.04.